The molecular formula is C17H14FN3O3S. The van der Waals surface area contributed by atoms with Gasteiger partial charge in [0.25, 0.3) is 11.8 Å². The molecule has 128 valence electrons. The number of amides is 1. The first kappa shape index (κ1) is 15.8. The summed E-state index contributed by atoms with van der Waals surface area (Å²) < 4.78 is 23.5. The Hall–Kier alpha value is -2.74. The van der Waals surface area contributed by atoms with Crippen LogP contribution in [0.2, 0.25) is 0 Å². The second kappa shape index (κ2) is 6.64. The molecule has 1 fully saturated rings. The van der Waals surface area contributed by atoms with Gasteiger partial charge in [0.05, 0.1) is 5.56 Å². The van der Waals surface area contributed by atoms with Crippen molar-refractivity contribution in [1.29, 1.82) is 0 Å². The van der Waals surface area contributed by atoms with Crippen LogP contribution in [0.3, 0.4) is 0 Å². The summed E-state index contributed by atoms with van der Waals surface area (Å²) in [6.45, 7) is -0.180. The molecular weight excluding hydrogens is 345 g/mol. The lowest BCUT2D eigenvalue weighted by Crippen LogP contribution is -2.19. The third-order valence-electron chi connectivity index (χ3n) is 3.72. The monoisotopic (exact) mass is 359 g/mol. The number of aromatic nitrogens is 2. The number of thiophene rings is 1. The van der Waals surface area contributed by atoms with Gasteiger partial charge < -0.3 is 14.6 Å². The number of ether oxygens (including phenoxy) is 1. The Labute approximate surface area is 146 Å². The van der Waals surface area contributed by atoms with Crippen LogP contribution >= 0.6 is 11.3 Å². The van der Waals surface area contributed by atoms with Crippen LogP contribution in [0.25, 0.3) is 11.5 Å². The van der Waals surface area contributed by atoms with Crippen molar-refractivity contribution in [2.24, 2.45) is 0 Å². The van der Waals surface area contributed by atoms with E-state index in [-0.39, 0.29) is 18.3 Å². The molecule has 8 heteroatoms. The summed E-state index contributed by atoms with van der Waals surface area (Å²) in [7, 11) is 0. The summed E-state index contributed by atoms with van der Waals surface area (Å²) >= 11 is 1.36. The minimum atomic E-state index is -0.356. The van der Waals surface area contributed by atoms with E-state index in [2.05, 4.69) is 15.5 Å². The Kier molecular flexibility index (Phi) is 4.19. The van der Waals surface area contributed by atoms with Gasteiger partial charge in [-0.25, -0.2) is 4.39 Å². The van der Waals surface area contributed by atoms with Crippen LogP contribution in [-0.4, -0.2) is 22.7 Å². The van der Waals surface area contributed by atoms with E-state index in [0.29, 0.717) is 28.1 Å². The quantitative estimate of drug-likeness (QED) is 0.724. The topological polar surface area (TPSA) is 77.2 Å². The second-order valence-corrected chi connectivity index (χ2v) is 6.60. The zero-order valence-electron chi connectivity index (χ0n) is 13.1. The summed E-state index contributed by atoms with van der Waals surface area (Å²) in [5.41, 5.74) is 0.694. The largest absolute Gasteiger partial charge is 0.484 e. The fourth-order valence-corrected chi connectivity index (χ4v) is 3.06. The van der Waals surface area contributed by atoms with Gasteiger partial charge >= 0.3 is 0 Å². The van der Waals surface area contributed by atoms with Crippen molar-refractivity contribution in [3.63, 3.8) is 0 Å². The van der Waals surface area contributed by atoms with Crippen molar-refractivity contribution in [3.8, 4) is 17.2 Å². The fraction of sp³-hybridized carbons (Fsp3) is 0.235. The third kappa shape index (κ3) is 3.69. The highest BCUT2D eigenvalue weighted by Crippen LogP contribution is 2.40. The first-order valence-corrected chi connectivity index (χ1v) is 8.67. The average molecular weight is 359 g/mol. The van der Waals surface area contributed by atoms with Crippen molar-refractivity contribution in [2.45, 2.75) is 18.8 Å². The zero-order chi connectivity index (χ0) is 17.2. The number of carbonyl (C=O) groups is 1. The molecule has 1 amide bonds. The maximum absolute atomic E-state index is 12.8. The average Bonchev–Trinajstić information content (AvgIpc) is 3.16. The van der Waals surface area contributed by atoms with E-state index in [1.807, 2.05) is 11.4 Å². The van der Waals surface area contributed by atoms with Gasteiger partial charge in [-0.05, 0) is 48.6 Å². The molecule has 0 unspecified atom stereocenters. The molecule has 3 aromatic rings. The summed E-state index contributed by atoms with van der Waals surface area (Å²) in [4.78, 5) is 16.5. The minimum Gasteiger partial charge on any atom is -0.484 e. The summed E-state index contributed by atoms with van der Waals surface area (Å²) in [6.07, 6.45) is 2.18. The molecule has 1 saturated carbocycles. The van der Waals surface area contributed by atoms with Crippen LogP contribution in [-0.2, 0) is 4.79 Å². The van der Waals surface area contributed by atoms with Crippen molar-refractivity contribution < 1.29 is 18.4 Å². The summed E-state index contributed by atoms with van der Waals surface area (Å²) in [5, 5.41) is 9.23. The number of anilines is 1. The molecule has 6 nitrogen and oxygen atoms in total. The molecule has 1 N–H and O–H groups in total. The summed E-state index contributed by atoms with van der Waals surface area (Å²) in [6, 6.07) is 7.31. The number of benzene rings is 1. The van der Waals surface area contributed by atoms with Gasteiger partial charge in [-0.3, -0.25) is 4.79 Å². The Balaban J connectivity index is 1.39. The Bertz CT molecular complexity index is 887. The second-order valence-electron chi connectivity index (χ2n) is 5.69. The van der Waals surface area contributed by atoms with Gasteiger partial charge in [0, 0.05) is 5.92 Å². The Morgan fingerprint density at radius 1 is 1.32 bits per heavy atom. The summed E-state index contributed by atoms with van der Waals surface area (Å²) in [5.74, 6) is 1.27. The van der Waals surface area contributed by atoms with Crippen LogP contribution in [0.5, 0.6) is 5.75 Å². The van der Waals surface area contributed by atoms with E-state index in [9.17, 15) is 9.18 Å². The first-order valence-electron chi connectivity index (χ1n) is 7.79. The predicted molar refractivity (Wildman–Crippen MR) is 90.1 cm³/mol. The fourth-order valence-electron chi connectivity index (χ4n) is 2.27. The number of halogens is 1. The number of rotatable bonds is 6. The van der Waals surface area contributed by atoms with Crippen molar-refractivity contribution >= 4 is 22.2 Å². The Morgan fingerprint density at radius 2 is 2.12 bits per heavy atom. The normalized spacial score (nSPS) is 13.6. The van der Waals surface area contributed by atoms with E-state index in [4.69, 9.17) is 9.26 Å². The molecule has 0 atom stereocenters. The van der Waals surface area contributed by atoms with E-state index < -0.39 is 0 Å². The lowest BCUT2D eigenvalue weighted by atomic mass is 10.3. The van der Waals surface area contributed by atoms with Crippen molar-refractivity contribution in [2.75, 3.05) is 11.9 Å². The molecule has 1 aliphatic rings. The highest BCUT2D eigenvalue weighted by atomic mass is 32.1. The molecule has 0 spiro atoms. The van der Waals surface area contributed by atoms with E-state index in [0.717, 1.165) is 18.7 Å². The lowest BCUT2D eigenvalue weighted by Gasteiger charge is -2.07. The third-order valence-corrected chi connectivity index (χ3v) is 4.55. The smallest absolute Gasteiger partial charge is 0.262 e. The number of nitrogens with zero attached hydrogens (tertiary/aromatic N) is 2. The number of nitrogens with one attached hydrogen (secondary N) is 1. The van der Waals surface area contributed by atoms with Crippen molar-refractivity contribution in [3.05, 3.63) is 47.4 Å². The molecule has 0 bridgehead atoms. The van der Waals surface area contributed by atoms with Gasteiger partial charge in [-0.2, -0.15) is 4.98 Å². The van der Waals surface area contributed by atoms with Crippen LogP contribution in [0.4, 0.5) is 9.39 Å². The van der Waals surface area contributed by atoms with Crippen LogP contribution in [0.15, 0.2) is 40.2 Å². The van der Waals surface area contributed by atoms with E-state index in [1.165, 1.54) is 35.6 Å². The molecule has 4 rings (SSSR count). The SMILES string of the molecule is O=C(COc1ccc(F)cc1)Nc1sccc1-c1nc(C2CC2)no1. The first-order chi connectivity index (χ1) is 12.2. The van der Waals surface area contributed by atoms with Crippen molar-refractivity contribution in [1.82, 2.24) is 10.1 Å². The van der Waals surface area contributed by atoms with E-state index >= 15 is 0 Å². The molecule has 0 aliphatic heterocycles. The molecule has 0 saturated heterocycles. The highest BCUT2D eigenvalue weighted by molar-refractivity contribution is 7.15. The highest BCUT2D eigenvalue weighted by Gasteiger charge is 2.29. The lowest BCUT2D eigenvalue weighted by molar-refractivity contribution is -0.118. The van der Waals surface area contributed by atoms with Crippen LogP contribution in [0, 0.1) is 5.82 Å². The van der Waals surface area contributed by atoms with Gasteiger partial charge in [0.15, 0.2) is 12.4 Å². The van der Waals surface area contributed by atoms with Gasteiger partial charge in [-0.1, -0.05) is 5.16 Å². The molecule has 1 aliphatic carbocycles. The Morgan fingerprint density at radius 3 is 2.88 bits per heavy atom. The van der Waals surface area contributed by atoms with Crippen LogP contribution in [0.1, 0.15) is 24.6 Å². The number of hydrogen-bond donors (Lipinski definition) is 1. The molecule has 1 aromatic carbocycles. The molecule has 0 radical (unpaired) electrons. The van der Waals surface area contributed by atoms with E-state index in [1.54, 1.807) is 0 Å². The van der Waals surface area contributed by atoms with Gasteiger partial charge in [-0.15, -0.1) is 11.3 Å². The minimum absolute atomic E-state index is 0.180. The standard InChI is InChI=1S/C17H14FN3O3S/c18-11-3-5-12(6-4-11)23-9-14(22)19-17-13(7-8-25-17)16-20-15(21-24-16)10-1-2-10/h3-8,10H,1-2,9H2,(H,19,22). The predicted octanol–water partition coefficient (Wildman–Crippen LogP) is 3.83. The zero-order valence-corrected chi connectivity index (χ0v) is 13.9. The van der Waals surface area contributed by atoms with Crippen LogP contribution < -0.4 is 10.1 Å². The maximum atomic E-state index is 12.8. The van der Waals surface area contributed by atoms with Gasteiger partial charge in [0.1, 0.15) is 16.6 Å². The molecule has 2 heterocycles. The van der Waals surface area contributed by atoms with Gasteiger partial charge in [0.2, 0.25) is 0 Å². The number of carbonyl (C=O) groups excluding carboxylic acids is 1. The molecule has 25 heavy (non-hydrogen) atoms. The number of hydrogen-bond acceptors (Lipinski definition) is 6. The molecule has 2 aromatic heterocycles. The maximum Gasteiger partial charge on any atom is 0.262 e.